The molecule has 160 valence electrons. The summed E-state index contributed by atoms with van der Waals surface area (Å²) in [5, 5.41) is 4.15. The van der Waals surface area contributed by atoms with Crippen molar-refractivity contribution in [2.45, 2.75) is 53.5 Å². The van der Waals surface area contributed by atoms with E-state index in [0.717, 1.165) is 58.2 Å². The molecular weight excluding hydrogens is 376 g/mol. The van der Waals surface area contributed by atoms with Crippen LogP contribution in [0.15, 0.2) is 33.1 Å². The molecule has 0 aliphatic carbocycles. The maximum atomic E-state index is 13.1. The van der Waals surface area contributed by atoms with Crippen molar-refractivity contribution in [3.05, 3.63) is 58.2 Å². The van der Waals surface area contributed by atoms with Crippen LogP contribution in [0.1, 0.15) is 64.6 Å². The zero-order valence-electron chi connectivity index (χ0n) is 18.7. The number of amides is 1. The molecule has 2 aromatic heterocycles. The fourth-order valence-electron chi connectivity index (χ4n) is 4.66. The van der Waals surface area contributed by atoms with E-state index < -0.39 is 0 Å². The molecule has 3 heterocycles. The number of nitrogens with zero attached hydrogens (tertiary/aromatic N) is 1. The lowest BCUT2D eigenvalue weighted by atomic mass is 9.97. The highest BCUT2D eigenvalue weighted by molar-refractivity contribution is 6.00. The third-order valence-corrected chi connectivity index (χ3v) is 6.38. The summed E-state index contributed by atoms with van der Waals surface area (Å²) in [5.74, 6) is 2.79. The molecule has 5 nitrogen and oxygen atoms in total. The smallest absolute Gasteiger partial charge is 0.287 e. The molecule has 1 aliphatic rings. The molecule has 1 atom stereocenters. The quantitative estimate of drug-likeness (QED) is 0.609. The van der Waals surface area contributed by atoms with Crippen LogP contribution >= 0.6 is 0 Å². The lowest BCUT2D eigenvalue weighted by Crippen LogP contribution is -2.41. The molecule has 0 unspecified atom stereocenters. The van der Waals surface area contributed by atoms with Crippen LogP contribution in [0.25, 0.3) is 11.0 Å². The first-order valence-electron chi connectivity index (χ1n) is 10.9. The first kappa shape index (κ1) is 20.7. The van der Waals surface area contributed by atoms with Gasteiger partial charge >= 0.3 is 0 Å². The summed E-state index contributed by atoms with van der Waals surface area (Å²) in [6.45, 7) is 12.9. The van der Waals surface area contributed by atoms with Crippen LogP contribution < -0.4 is 5.32 Å². The van der Waals surface area contributed by atoms with Gasteiger partial charge in [-0.25, -0.2) is 0 Å². The lowest BCUT2D eigenvalue weighted by molar-refractivity contribution is 0.0871. The Hall–Kier alpha value is -2.53. The van der Waals surface area contributed by atoms with Gasteiger partial charge in [-0.05, 0) is 88.9 Å². The Labute approximate surface area is 178 Å². The zero-order valence-corrected chi connectivity index (χ0v) is 18.7. The van der Waals surface area contributed by atoms with E-state index >= 15 is 0 Å². The number of aryl methyl sites for hydroxylation is 4. The van der Waals surface area contributed by atoms with Crippen molar-refractivity contribution in [2.24, 2.45) is 5.92 Å². The predicted octanol–water partition coefficient (Wildman–Crippen LogP) is 5.46. The number of hydrogen-bond acceptors (Lipinski definition) is 4. The van der Waals surface area contributed by atoms with E-state index in [2.05, 4.69) is 30.1 Å². The van der Waals surface area contributed by atoms with E-state index in [9.17, 15) is 4.79 Å². The Bertz CT molecular complexity index is 1050. The summed E-state index contributed by atoms with van der Waals surface area (Å²) < 4.78 is 11.9. The highest BCUT2D eigenvalue weighted by Gasteiger charge is 2.28. The predicted molar refractivity (Wildman–Crippen MR) is 119 cm³/mol. The second-order valence-electron chi connectivity index (χ2n) is 8.90. The molecule has 30 heavy (non-hydrogen) atoms. The number of fused-ring (bicyclic) bond motifs is 1. The van der Waals surface area contributed by atoms with Crippen molar-refractivity contribution in [1.82, 2.24) is 10.2 Å². The minimum Gasteiger partial charge on any atom is -0.465 e. The monoisotopic (exact) mass is 408 g/mol. The molecule has 1 aromatic carbocycles. The van der Waals surface area contributed by atoms with Crippen LogP contribution in [0.2, 0.25) is 0 Å². The molecule has 0 spiro atoms. The van der Waals surface area contributed by atoms with Crippen molar-refractivity contribution in [3.8, 4) is 0 Å². The van der Waals surface area contributed by atoms with Gasteiger partial charge in [-0.1, -0.05) is 13.0 Å². The minimum absolute atomic E-state index is 0.0313. The van der Waals surface area contributed by atoms with Crippen molar-refractivity contribution < 1.29 is 13.6 Å². The number of furan rings is 2. The number of carbonyl (C=O) groups is 1. The molecule has 0 bridgehead atoms. The first-order valence-corrected chi connectivity index (χ1v) is 10.9. The molecule has 0 saturated carbocycles. The summed E-state index contributed by atoms with van der Waals surface area (Å²) in [6.07, 6.45) is 2.34. The molecule has 1 aliphatic heterocycles. The van der Waals surface area contributed by atoms with Crippen LogP contribution in [0.5, 0.6) is 0 Å². The van der Waals surface area contributed by atoms with E-state index in [4.69, 9.17) is 8.83 Å². The second-order valence-corrected chi connectivity index (χ2v) is 8.90. The van der Waals surface area contributed by atoms with Gasteiger partial charge in [0.15, 0.2) is 5.76 Å². The summed E-state index contributed by atoms with van der Waals surface area (Å²) in [7, 11) is 0. The lowest BCUT2D eigenvalue weighted by Gasteiger charge is -2.35. The summed E-state index contributed by atoms with van der Waals surface area (Å²) >= 11 is 0. The molecule has 1 saturated heterocycles. The van der Waals surface area contributed by atoms with Crippen LogP contribution in [0.3, 0.4) is 0 Å². The van der Waals surface area contributed by atoms with E-state index in [-0.39, 0.29) is 11.9 Å². The average Bonchev–Trinajstić information content (AvgIpc) is 3.26. The standard InChI is InChI=1S/C25H32N2O3/c1-15-8-10-27(11-9-15)20(21-7-6-18(4)29-21)14-26-25(28)24-19(5)23-17(3)12-16(2)13-22(23)30-24/h6-7,12-13,15,20H,8-11,14H2,1-5H3,(H,26,28)/t20-/m1/s1. The zero-order chi connectivity index (χ0) is 21.4. The third-order valence-electron chi connectivity index (χ3n) is 6.38. The van der Waals surface area contributed by atoms with Crippen molar-refractivity contribution in [3.63, 3.8) is 0 Å². The number of likely N-dealkylation sites (tertiary alicyclic amines) is 1. The van der Waals surface area contributed by atoms with E-state index in [1.165, 1.54) is 12.8 Å². The normalized spacial score (nSPS) is 16.8. The van der Waals surface area contributed by atoms with Gasteiger partial charge < -0.3 is 14.2 Å². The topological polar surface area (TPSA) is 58.6 Å². The molecule has 1 N–H and O–H groups in total. The molecule has 1 amide bonds. The van der Waals surface area contributed by atoms with E-state index in [1.807, 2.05) is 39.0 Å². The summed E-state index contributed by atoms with van der Waals surface area (Å²) in [6, 6.07) is 8.17. The maximum absolute atomic E-state index is 13.1. The minimum atomic E-state index is -0.167. The number of piperidine rings is 1. The van der Waals surface area contributed by atoms with Gasteiger partial charge in [-0.2, -0.15) is 0 Å². The van der Waals surface area contributed by atoms with E-state index in [1.54, 1.807) is 0 Å². The molecule has 3 aromatic rings. The van der Waals surface area contributed by atoms with Gasteiger partial charge in [0.25, 0.3) is 5.91 Å². The van der Waals surface area contributed by atoms with Crippen molar-refractivity contribution in [2.75, 3.05) is 19.6 Å². The number of carbonyl (C=O) groups excluding carboxylic acids is 1. The Morgan fingerprint density at radius 2 is 1.87 bits per heavy atom. The fourth-order valence-corrected chi connectivity index (χ4v) is 4.66. The second kappa shape index (κ2) is 8.31. The number of nitrogens with one attached hydrogen (secondary N) is 1. The van der Waals surface area contributed by atoms with Crippen molar-refractivity contribution >= 4 is 16.9 Å². The van der Waals surface area contributed by atoms with Gasteiger partial charge in [0.1, 0.15) is 17.1 Å². The van der Waals surface area contributed by atoms with Crippen LogP contribution in [-0.4, -0.2) is 30.4 Å². The van der Waals surface area contributed by atoms with Crippen LogP contribution in [0, 0.1) is 33.6 Å². The molecule has 5 heteroatoms. The van der Waals surface area contributed by atoms with Gasteiger partial charge in [0, 0.05) is 17.5 Å². The Balaban J connectivity index is 1.55. The summed E-state index contributed by atoms with van der Waals surface area (Å²) in [5.41, 5.74) is 3.94. The first-order chi connectivity index (χ1) is 14.3. The third kappa shape index (κ3) is 4.04. The maximum Gasteiger partial charge on any atom is 0.287 e. The van der Waals surface area contributed by atoms with E-state index in [0.29, 0.717) is 12.3 Å². The molecule has 0 radical (unpaired) electrons. The molecular formula is C25H32N2O3. The average molecular weight is 409 g/mol. The van der Waals surface area contributed by atoms with Gasteiger partial charge in [0.2, 0.25) is 0 Å². The number of benzene rings is 1. The fraction of sp³-hybridized carbons (Fsp3) is 0.480. The van der Waals surface area contributed by atoms with Crippen LogP contribution in [0.4, 0.5) is 0 Å². The Morgan fingerprint density at radius 1 is 1.13 bits per heavy atom. The van der Waals surface area contributed by atoms with Gasteiger partial charge in [-0.15, -0.1) is 0 Å². The highest BCUT2D eigenvalue weighted by Crippen LogP contribution is 2.30. The number of rotatable bonds is 5. The Kier molecular flexibility index (Phi) is 5.74. The summed E-state index contributed by atoms with van der Waals surface area (Å²) in [4.78, 5) is 15.5. The Morgan fingerprint density at radius 3 is 2.53 bits per heavy atom. The van der Waals surface area contributed by atoms with Gasteiger partial charge in [0.05, 0.1) is 6.04 Å². The highest BCUT2D eigenvalue weighted by atomic mass is 16.3. The largest absolute Gasteiger partial charge is 0.465 e. The molecule has 4 rings (SSSR count). The van der Waals surface area contributed by atoms with Crippen molar-refractivity contribution in [1.29, 1.82) is 0 Å². The SMILES string of the molecule is Cc1cc(C)c2c(C)c(C(=O)NC[C@H](c3ccc(C)o3)N3CCC(C)CC3)oc2c1. The van der Waals surface area contributed by atoms with Gasteiger partial charge in [-0.3, -0.25) is 9.69 Å². The molecule has 1 fully saturated rings. The van der Waals surface area contributed by atoms with Crippen LogP contribution in [-0.2, 0) is 0 Å². The number of hydrogen-bond donors (Lipinski definition) is 1.